The highest BCUT2D eigenvalue weighted by Crippen LogP contribution is 1.97. The molecule has 0 spiro atoms. The first kappa shape index (κ1) is 13.6. The Morgan fingerprint density at radius 2 is 1.94 bits per heavy atom. The van der Waals surface area contributed by atoms with Gasteiger partial charge in [0.1, 0.15) is 0 Å². The predicted octanol–water partition coefficient (Wildman–Crippen LogP) is -0.565. The topological polar surface area (TPSA) is 45.6 Å². The SMILES string of the molecule is C[NH+](C)CCNC(=S)NC(=O)c1ccccc1. The van der Waals surface area contributed by atoms with E-state index in [4.69, 9.17) is 12.2 Å². The largest absolute Gasteiger partial charge is 0.357 e. The molecule has 0 radical (unpaired) electrons. The molecule has 3 N–H and O–H groups in total. The van der Waals surface area contributed by atoms with Crippen LogP contribution in [0.15, 0.2) is 30.3 Å². The maximum Gasteiger partial charge on any atom is 0.257 e. The van der Waals surface area contributed by atoms with Crippen LogP contribution >= 0.6 is 12.2 Å². The van der Waals surface area contributed by atoms with Crippen molar-refractivity contribution in [3.63, 3.8) is 0 Å². The van der Waals surface area contributed by atoms with E-state index in [-0.39, 0.29) is 5.91 Å². The fraction of sp³-hybridized carbons (Fsp3) is 0.333. The lowest BCUT2D eigenvalue weighted by Crippen LogP contribution is -3.06. The minimum atomic E-state index is -0.180. The maximum atomic E-state index is 11.7. The van der Waals surface area contributed by atoms with Crippen LogP contribution in [0.2, 0.25) is 0 Å². The third kappa shape index (κ3) is 5.42. The second-order valence-corrected chi connectivity index (χ2v) is 4.44. The summed E-state index contributed by atoms with van der Waals surface area (Å²) in [5, 5.41) is 6.01. The Hall–Kier alpha value is -1.46. The minimum Gasteiger partial charge on any atom is -0.357 e. The van der Waals surface area contributed by atoms with Gasteiger partial charge in [-0.05, 0) is 24.4 Å². The van der Waals surface area contributed by atoms with Crippen LogP contribution in [0.3, 0.4) is 0 Å². The van der Waals surface area contributed by atoms with Gasteiger partial charge in [-0.15, -0.1) is 0 Å². The Balaban J connectivity index is 2.34. The van der Waals surface area contributed by atoms with Crippen molar-refractivity contribution in [1.82, 2.24) is 10.6 Å². The summed E-state index contributed by atoms with van der Waals surface area (Å²) in [6.07, 6.45) is 0. The van der Waals surface area contributed by atoms with Crippen LogP contribution < -0.4 is 15.5 Å². The first-order valence-electron chi connectivity index (χ1n) is 5.53. The number of rotatable bonds is 4. The average molecular weight is 252 g/mol. The van der Waals surface area contributed by atoms with Gasteiger partial charge in [-0.3, -0.25) is 10.1 Å². The van der Waals surface area contributed by atoms with Crippen LogP contribution in [-0.4, -0.2) is 38.2 Å². The summed E-state index contributed by atoms with van der Waals surface area (Å²) in [4.78, 5) is 13.0. The second-order valence-electron chi connectivity index (χ2n) is 4.03. The Bertz CT molecular complexity index is 379. The van der Waals surface area contributed by atoms with E-state index in [1.54, 1.807) is 12.1 Å². The van der Waals surface area contributed by atoms with Crippen LogP contribution in [-0.2, 0) is 0 Å². The van der Waals surface area contributed by atoms with Crippen LogP contribution in [0.5, 0.6) is 0 Å². The highest BCUT2D eigenvalue weighted by Gasteiger charge is 2.06. The third-order valence-corrected chi connectivity index (χ3v) is 2.42. The summed E-state index contributed by atoms with van der Waals surface area (Å²) in [7, 11) is 4.13. The monoisotopic (exact) mass is 252 g/mol. The fourth-order valence-electron chi connectivity index (χ4n) is 1.24. The molecule has 0 aliphatic carbocycles. The van der Waals surface area contributed by atoms with Crippen LogP contribution in [0.4, 0.5) is 0 Å². The molecule has 0 saturated carbocycles. The molecule has 1 aromatic rings. The molecular weight excluding hydrogens is 234 g/mol. The van der Waals surface area contributed by atoms with Gasteiger partial charge in [0.2, 0.25) is 0 Å². The number of quaternary nitrogens is 1. The van der Waals surface area contributed by atoms with Crippen LogP contribution in [0, 0.1) is 0 Å². The average Bonchev–Trinajstić information content (AvgIpc) is 2.29. The molecular formula is C12H18N3OS+. The molecule has 0 unspecified atom stereocenters. The second kappa shape index (κ2) is 6.98. The summed E-state index contributed by atoms with van der Waals surface area (Å²) >= 11 is 5.03. The number of likely N-dealkylation sites (N-methyl/N-ethyl adjacent to an activating group) is 1. The molecule has 1 rings (SSSR count). The lowest BCUT2D eigenvalue weighted by Gasteiger charge is -2.11. The maximum absolute atomic E-state index is 11.7. The van der Waals surface area contributed by atoms with E-state index >= 15 is 0 Å². The molecule has 0 saturated heterocycles. The zero-order valence-electron chi connectivity index (χ0n) is 10.1. The molecule has 92 valence electrons. The summed E-state index contributed by atoms with van der Waals surface area (Å²) in [5.41, 5.74) is 0.606. The molecule has 0 aliphatic rings. The standard InChI is InChI=1S/C12H17N3OS/c1-15(2)9-8-13-12(17)14-11(16)10-6-4-3-5-7-10/h3-7H,8-9H2,1-2H3,(H2,13,14,16,17)/p+1. The van der Waals surface area contributed by atoms with Gasteiger partial charge in [-0.25, -0.2) is 0 Å². The number of hydrogen-bond donors (Lipinski definition) is 3. The molecule has 1 aromatic carbocycles. The normalized spacial score (nSPS) is 10.1. The third-order valence-electron chi connectivity index (χ3n) is 2.17. The number of thiocarbonyl (C=S) groups is 1. The van der Waals surface area contributed by atoms with Crippen molar-refractivity contribution >= 4 is 23.2 Å². The van der Waals surface area contributed by atoms with E-state index in [2.05, 4.69) is 24.7 Å². The van der Waals surface area contributed by atoms with Gasteiger partial charge in [0.25, 0.3) is 5.91 Å². The Labute approximate surface area is 107 Å². The number of carbonyl (C=O) groups excluding carboxylic acids is 1. The Kier molecular flexibility index (Phi) is 5.59. The number of amides is 1. The lowest BCUT2D eigenvalue weighted by atomic mass is 10.2. The van der Waals surface area contributed by atoms with Gasteiger partial charge < -0.3 is 10.2 Å². The van der Waals surface area contributed by atoms with Gasteiger partial charge in [0.05, 0.1) is 27.2 Å². The van der Waals surface area contributed by atoms with E-state index in [9.17, 15) is 4.79 Å². The summed E-state index contributed by atoms with van der Waals surface area (Å²) in [6.45, 7) is 1.69. The minimum absolute atomic E-state index is 0.180. The van der Waals surface area contributed by atoms with Crippen molar-refractivity contribution in [1.29, 1.82) is 0 Å². The van der Waals surface area contributed by atoms with Gasteiger partial charge >= 0.3 is 0 Å². The van der Waals surface area contributed by atoms with Crippen molar-refractivity contribution in [2.24, 2.45) is 0 Å². The highest BCUT2D eigenvalue weighted by molar-refractivity contribution is 7.80. The predicted molar refractivity (Wildman–Crippen MR) is 72.2 cm³/mol. The first-order valence-corrected chi connectivity index (χ1v) is 5.93. The first-order chi connectivity index (χ1) is 8.09. The van der Waals surface area contributed by atoms with E-state index in [1.165, 1.54) is 4.90 Å². The molecule has 17 heavy (non-hydrogen) atoms. The molecule has 0 aliphatic heterocycles. The zero-order chi connectivity index (χ0) is 12.7. The van der Waals surface area contributed by atoms with Crippen molar-refractivity contribution in [3.05, 3.63) is 35.9 Å². The molecule has 0 aromatic heterocycles. The lowest BCUT2D eigenvalue weighted by molar-refractivity contribution is -0.856. The van der Waals surface area contributed by atoms with E-state index in [0.717, 1.165) is 13.1 Å². The summed E-state index contributed by atoms with van der Waals surface area (Å²) in [6, 6.07) is 9.01. The van der Waals surface area contributed by atoms with Gasteiger partial charge in [0.15, 0.2) is 5.11 Å². The molecule has 0 atom stereocenters. The quantitative estimate of drug-likeness (QED) is 0.629. The van der Waals surface area contributed by atoms with E-state index in [1.807, 2.05) is 18.2 Å². The Morgan fingerprint density at radius 3 is 2.53 bits per heavy atom. The summed E-state index contributed by atoms with van der Waals surface area (Å²) in [5.74, 6) is -0.180. The number of benzene rings is 1. The van der Waals surface area contributed by atoms with Crippen molar-refractivity contribution < 1.29 is 9.69 Å². The number of nitrogens with one attached hydrogen (secondary N) is 3. The molecule has 0 fully saturated rings. The highest BCUT2D eigenvalue weighted by atomic mass is 32.1. The smallest absolute Gasteiger partial charge is 0.257 e. The molecule has 4 nitrogen and oxygen atoms in total. The van der Waals surface area contributed by atoms with Crippen molar-refractivity contribution in [2.45, 2.75) is 0 Å². The van der Waals surface area contributed by atoms with E-state index in [0.29, 0.717) is 10.7 Å². The van der Waals surface area contributed by atoms with Crippen molar-refractivity contribution in [2.75, 3.05) is 27.2 Å². The molecule has 0 heterocycles. The van der Waals surface area contributed by atoms with Gasteiger partial charge in [-0.1, -0.05) is 18.2 Å². The molecule has 0 bridgehead atoms. The van der Waals surface area contributed by atoms with Crippen LogP contribution in [0.25, 0.3) is 0 Å². The number of carbonyl (C=O) groups is 1. The molecule has 5 heteroatoms. The van der Waals surface area contributed by atoms with Gasteiger partial charge in [-0.2, -0.15) is 0 Å². The zero-order valence-corrected chi connectivity index (χ0v) is 10.9. The summed E-state index contributed by atoms with van der Waals surface area (Å²) < 4.78 is 0. The Morgan fingerprint density at radius 1 is 1.29 bits per heavy atom. The fourth-order valence-corrected chi connectivity index (χ4v) is 1.43. The van der Waals surface area contributed by atoms with Gasteiger partial charge in [0, 0.05) is 5.56 Å². The molecule has 1 amide bonds. The van der Waals surface area contributed by atoms with E-state index < -0.39 is 0 Å². The van der Waals surface area contributed by atoms with Crippen molar-refractivity contribution in [3.8, 4) is 0 Å². The number of hydrogen-bond acceptors (Lipinski definition) is 2. The van der Waals surface area contributed by atoms with Crippen LogP contribution in [0.1, 0.15) is 10.4 Å².